The van der Waals surface area contributed by atoms with Crippen LogP contribution in [0.15, 0.2) is 72.0 Å². The van der Waals surface area contributed by atoms with Gasteiger partial charge in [0.05, 0.1) is 18.5 Å². The van der Waals surface area contributed by atoms with Gasteiger partial charge in [0.2, 0.25) is 0 Å². The quantitative estimate of drug-likeness (QED) is 0.562. The number of nitrogens with one attached hydrogen (secondary N) is 2. The zero-order valence-electron chi connectivity index (χ0n) is 12.4. The minimum absolute atomic E-state index is 0.151. The molecule has 2 aromatic carbocycles. The van der Waals surface area contributed by atoms with Crippen LogP contribution < -0.4 is 10.7 Å². The SMILES string of the molecule is O=C(CNc1ccc2ccccc2c1)N/N=C\c1ccccn1. The summed E-state index contributed by atoms with van der Waals surface area (Å²) in [6.07, 6.45) is 3.18. The van der Waals surface area contributed by atoms with Crippen molar-refractivity contribution < 1.29 is 4.79 Å². The molecule has 0 fully saturated rings. The second kappa shape index (κ2) is 7.17. The Balaban J connectivity index is 1.52. The molecule has 0 atom stereocenters. The number of aromatic nitrogens is 1. The number of amides is 1. The summed E-state index contributed by atoms with van der Waals surface area (Å²) in [6, 6.07) is 19.6. The van der Waals surface area contributed by atoms with Gasteiger partial charge in [-0.3, -0.25) is 9.78 Å². The number of benzene rings is 2. The fourth-order valence-electron chi connectivity index (χ4n) is 2.14. The van der Waals surface area contributed by atoms with E-state index in [4.69, 9.17) is 0 Å². The van der Waals surface area contributed by atoms with Gasteiger partial charge < -0.3 is 5.32 Å². The van der Waals surface area contributed by atoms with Gasteiger partial charge in [-0.25, -0.2) is 5.43 Å². The molecule has 0 radical (unpaired) electrons. The topological polar surface area (TPSA) is 66.4 Å². The lowest BCUT2D eigenvalue weighted by Crippen LogP contribution is -2.25. The molecule has 114 valence electrons. The van der Waals surface area contributed by atoms with Gasteiger partial charge >= 0.3 is 0 Å². The molecule has 0 unspecified atom stereocenters. The smallest absolute Gasteiger partial charge is 0.259 e. The highest BCUT2D eigenvalue weighted by molar-refractivity contribution is 5.87. The fourth-order valence-corrected chi connectivity index (χ4v) is 2.14. The van der Waals surface area contributed by atoms with Crippen molar-refractivity contribution in [2.75, 3.05) is 11.9 Å². The summed E-state index contributed by atoms with van der Waals surface area (Å²) in [5.74, 6) is -0.217. The molecule has 0 aliphatic heterocycles. The van der Waals surface area contributed by atoms with Crippen molar-refractivity contribution >= 4 is 28.6 Å². The third-order valence-electron chi connectivity index (χ3n) is 3.28. The molecule has 1 aromatic heterocycles. The molecule has 3 rings (SSSR count). The summed E-state index contributed by atoms with van der Waals surface area (Å²) < 4.78 is 0. The first-order valence-corrected chi connectivity index (χ1v) is 7.27. The van der Waals surface area contributed by atoms with Crippen molar-refractivity contribution in [1.29, 1.82) is 0 Å². The number of rotatable bonds is 5. The maximum absolute atomic E-state index is 11.8. The number of hydrogen-bond acceptors (Lipinski definition) is 4. The van der Waals surface area contributed by atoms with E-state index < -0.39 is 0 Å². The summed E-state index contributed by atoms with van der Waals surface area (Å²) in [5, 5.41) is 9.26. The maximum atomic E-state index is 11.8. The Kier molecular flexibility index (Phi) is 4.59. The maximum Gasteiger partial charge on any atom is 0.259 e. The van der Waals surface area contributed by atoms with E-state index in [-0.39, 0.29) is 12.5 Å². The minimum atomic E-state index is -0.217. The summed E-state index contributed by atoms with van der Waals surface area (Å²) in [5.41, 5.74) is 4.05. The molecule has 5 nitrogen and oxygen atoms in total. The molecule has 2 N–H and O–H groups in total. The zero-order valence-corrected chi connectivity index (χ0v) is 12.4. The van der Waals surface area contributed by atoms with Crippen molar-refractivity contribution in [3.63, 3.8) is 0 Å². The predicted octanol–water partition coefficient (Wildman–Crippen LogP) is 2.80. The first kappa shape index (κ1) is 14.7. The van der Waals surface area contributed by atoms with E-state index in [0.717, 1.165) is 11.1 Å². The largest absolute Gasteiger partial charge is 0.376 e. The standard InChI is InChI=1S/C18H16N4O/c23-18(22-21-12-17-7-3-4-10-19-17)13-20-16-9-8-14-5-1-2-6-15(14)11-16/h1-12,20H,13H2,(H,22,23)/b21-12-. The van der Waals surface area contributed by atoms with E-state index in [9.17, 15) is 4.79 Å². The number of anilines is 1. The molecule has 0 saturated heterocycles. The molecular weight excluding hydrogens is 288 g/mol. The number of fused-ring (bicyclic) bond motifs is 1. The summed E-state index contributed by atoms with van der Waals surface area (Å²) in [7, 11) is 0. The third kappa shape index (κ3) is 4.14. The number of nitrogens with zero attached hydrogens (tertiary/aromatic N) is 2. The first-order chi connectivity index (χ1) is 11.3. The molecule has 0 aliphatic carbocycles. The van der Waals surface area contributed by atoms with Crippen LogP contribution in [0.5, 0.6) is 0 Å². The normalized spacial score (nSPS) is 10.8. The average Bonchev–Trinajstić information content (AvgIpc) is 2.61. The van der Waals surface area contributed by atoms with Crippen LogP contribution in [0.2, 0.25) is 0 Å². The van der Waals surface area contributed by atoms with E-state index in [1.165, 1.54) is 11.6 Å². The monoisotopic (exact) mass is 304 g/mol. The molecule has 5 heteroatoms. The van der Waals surface area contributed by atoms with Crippen LogP contribution in [0, 0.1) is 0 Å². The van der Waals surface area contributed by atoms with Crippen LogP contribution in [0.3, 0.4) is 0 Å². The summed E-state index contributed by atoms with van der Waals surface area (Å²) in [4.78, 5) is 15.8. The Morgan fingerprint density at radius 3 is 2.70 bits per heavy atom. The van der Waals surface area contributed by atoms with Crippen LogP contribution in [-0.4, -0.2) is 23.7 Å². The van der Waals surface area contributed by atoms with Crippen LogP contribution in [0.1, 0.15) is 5.69 Å². The van der Waals surface area contributed by atoms with Crippen molar-refractivity contribution in [2.24, 2.45) is 5.10 Å². The zero-order chi connectivity index (χ0) is 15.9. The molecule has 1 amide bonds. The molecule has 0 aliphatic rings. The van der Waals surface area contributed by atoms with E-state index in [2.05, 4.69) is 26.9 Å². The molecule has 0 bridgehead atoms. The van der Waals surface area contributed by atoms with E-state index in [1.54, 1.807) is 6.20 Å². The van der Waals surface area contributed by atoms with Crippen molar-refractivity contribution in [1.82, 2.24) is 10.4 Å². The molecule has 0 saturated carbocycles. The number of pyridine rings is 1. The number of carbonyl (C=O) groups is 1. The highest BCUT2D eigenvalue weighted by atomic mass is 16.2. The van der Waals surface area contributed by atoms with Gasteiger partial charge in [0, 0.05) is 11.9 Å². The lowest BCUT2D eigenvalue weighted by molar-refractivity contribution is -0.119. The van der Waals surface area contributed by atoms with E-state index in [0.29, 0.717) is 5.69 Å². The van der Waals surface area contributed by atoms with E-state index >= 15 is 0 Å². The van der Waals surface area contributed by atoms with Gasteiger partial charge in [-0.15, -0.1) is 0 Å². The minimum Gasteiger partial charge on any atom is -0.376 e. The predicted molar refractivity (Wildman–Crippen MR) is 92.4 cm³/mol. The van der Waals surface area contributed by atoms with Gasteiger partial charge in [0.15, 0.2) is 0 Å². The van der Waals surface area contributed by atoms with Crippen LogP contribution in [0.4, 0.5) is 5.69 Å². The second-order valence-electron chi connectivity index (χ2n) is 4.96. The Hall–Kier alpha value is -3.21. The molecule has 0 spiro atoms. The van der Waals surface area contributed by atoms with Crippen LogP contribution in [-0.2, 0) is 4.79 Å². The Labute approximate surface area is 134 Å². The Bertz CT molecular complexity index is 831. The lowest BCUT2D eigenvalue weighted by Gasteiger charge is -2.06. The van der Waals surface area contributed by atoms with Gasteiger partial charge in [0.1, 0.15) is 0 Å². The molecule has 3 aromatic rings. The molecule has 1 heterocycles. The van der Waals surface area contributed by atoms with Crippen molar-refractivity contribution in [3.05, 3.63) is 72.6 Å². The van der Waals surface area contributed by atoms with Crippen LogP contribution in [0.25, 0.3) is 10.8 Å². The highest BCUT2D eigenvalue weighted by Gasteiger charge is 2.00. The highest BCUT2D eigenvalue weighted by Crippen LogP contribution is 2.18. The van der Waals surface area contributed by atoms with Gasteiger partial charge in [0.25, 0.3) is 5.91 Å². The Morgan fingerprint density at radius 1 is 1.04 bits per heavy atom. The second-order valence-corrected chi connectivity index (χ2v) is 4.96. The fraction of sp³-hybridized carbons (Fsp3) is 0.0556. The molecule has 23 heavy (non-hydrogen) atoms. The number of hydrogen-bond donors (Lipinski definition) is 2. The van der Waals surface area contributed by atoms with E-state index in [1.807, 2.05) is 54.6 Å². The summed E-state index contributed by atoms with van der Waals surface area (Å²) in [6.45, 7) is 0.151. The first-order valence-electron chi connectivity index (χ1n) is 7.27. The van der Waals surface area contributed by atoms with Crippen molar-refractivity contribution in [3.8, 4) is 0 Å². The number of hydrazone groups is 1. The van der Waals surface area contributed by atoms with Gasteiger partial charge in [-0.2, -0.15) is 5.10 Å². The average molecular weight is 304 g/mol. The van der Waals surface area contributed by atoms with Crippen LogP contribution >= 0.6 is 0 Å². The van der Waals surface area contributed by atoms with Gasteiger partial charge in [-0.05, 0) is 35.0 Å². The lowest BCUT2D eigenvalue weighted by atomic mass is 10.1. The molecular formula is C18H16N4O. The number of carbonyl (C=O) groups excluding carboxylic acids is 1. The summed E-state index contributed by atoms with van der Waals surface area (Å²) >= 11 is 0. The third-order valence-corrected chi connectivity index (χ3v) is 3.28. The van der Waals surface area contributed by atoms with Crippen molar-refractivity contribution in [2.45, 2.75) is 0 Å². The Morgan fingerprint density at radius 2 is 1.87 bits per heavy atom. The van der Waals surface area contributed by atoms with Gasteiger partial charge in [-0.1, -0.05) is 36.4 Å².